The van der Waals surface area contributed by atoms with Crippen molar-refractivity contribution in [3.8, 4) is 0 Å². The van der Waals surface area contributed by atoms with Crippen LogP contribution in [0.25, 0.3) is 5.57 Å². The van der Waals surface area contributed by atoms with E-state index in [1.165, 1.54) is 11.8 Å². The number of aliphatic hydroxyl groups excluding tert-OH is 1. The first-order valence-corrected chi connectivity index (χ1v) is 5.79. The van der Waals surface area contributed by atoms with Gasteiger partial charge in [-0.2, -0.15) is 0 Å². The van der Waals surface area contributed by atoms with E-state index < -0.39 is 0 Å². The van der Waals surface area contributed by atoms with Crippen molar-refractivity contribution in [2.45, 2.75) is 6.92 Å². The van der Waals surface area contributed by atoms with Gasteiger partial charge in [0, 0.05) is 24.3 Å². The van der Waals surface area contributed by atoms with E-state index in [1.807, 2.05) is 0 Å². The van der Waals surface area contributed by atoms with Crippen molar-refractivity contribution in [2.75, 3.05) is 0 Å². The highest BCUT2D eigenvalue weighted by molar-refractivity contribution is 6.20. The minimum absolute atomic E-state index is 0.0352. The molecule has 0 bridgehead atoms. The van der Waals surface area contributed by atoms with E-state index in [0.717, 1.165) is 0 Å². The van der Waals surface area contributed by atoms with E-state index in [-0.39, 0.29) is 17.2 Å². The van der Waals surface area contributed by atoms with E-state index in [2.05, 4.69) is 11.6 Å². The van der Waals surface area contributed by atoms with Gasteiger partial charge in [-0.3, -0.25) is 14.7 Å². The maximum atomic E-state index is 12.5. The average Bonchev–Trinajstić information content (AvgIpc) is 2.40. The fourth-order valence-corrected chi connectivity index (χ4v) is 1.80. The number of rotatable bonds is 2. The number of hydrogen-bond acceptors (Lipinski definition) is 3. The molecular weight excluding hydrogens is 240 g/mol. The number of aromatic nitrogens is 1. The molecule has 0 spiro atoms. The Bertz CT molecular complexity index is 594. The zero-order valence-corrected chi connectivity index (χ0v) is 10.6. The van der Waals surface area contributed by atoms with Crippen molar-refractivity contribution in [3.05, 3.63) is 72.6 Å². The molecule has 1 aliphatic rings. The second-order valence-electron chi connectivity index (χ2n) is 4.06. The molecule has 2 heterocycles. The van der Waals surface area contributed by atoms with Gasteiger partial charge >= 0.3 is 0 Å². The normalized spacial score (nSPS) is 15.4. The SMILES string of the molecule is C=C1C=CC=CN1C(=O)/C(=C(\C)O)c1ccncc1. The maximum absolute atomic E-state index is 12.5. The van der Waals surface area contributed by atoms with E-state index >= 15 is 0 Å². The molecule has 0 atom stereocenters. The molecule has 0 saturated carbocycles. The summed E-state index contributed by atoms with van der Waals surface area (Å²) in [4.78, 5) is 17.8. The number of aliphatic hydroxyl groups is 1. The Morgan fingerprint density at radius 3 is 2.58 bits per heavy atom. The average molecular weight is 254 g/mol. The molecule has 0 unspecified atom stereocenters. The topological polar surface area (TPSA) is 53.4 Å². The molecular formula is C15H14N2O2. The second-order valence-corrected chi connectivity index (χ2v) is 4.06. The van der Waals surface area contributed by atoms with Crippen molar-refractivity contribution in [1.29, 1.82) is 0 Å². The lowest BCUT2D eigenvalue weighted by atomic mass is 10.0. The van der Waals surface area contributed by atoms with Gasteiger partial charge in [0.2, 0.25) is 0 Å². The van der Waals surface area contributed by atoms with Gasteiger partial charge in [-0.25, -0.2) is 0 Å². The molecule has 0 aliphatic carbocycles. The Kier molecular flexibility index (Phi) is 3.61. The van der Waals surface area contributed by atoms with Crippen molar-refractivity contribution < 1.29 is 9.90 Å². The summed E-state index contributed by atoms with van der Waals surface area (Å²) in [5.41, 5.74) is 1.42. The number of pyridine rings is 1. The van der Waals surface area contributed by atoms with Gasteiger partial charge in [0.05, 0.1) is 5.57 Å². The highest BCUT2D eigenvalue weighted by atomic mass is 16.3. The third kappa shape index (κ3) is 2.63. The molecule has 1 aromatic heterocycles. The van der Waals surface area contributed by atoms with E-state index in [0.29, 0.717) is 11.3 Å². The summed E-state index contributed by atoms with van der Waals surface area (Å²) < 4.78 is 0. The predicted molar refractivity (Wildman–Crippen MR) is 73.7 cm³/mol. The number of nitrogens with zero attached hydrogens (tertiary/aromatic N) is 2. The second kappa shape index (κ2) is 5.35. The van der Waals surface area contributed by atoms with Gasteiger partial charge in [0.25, 0.3) is 5.91 Å². The number of carbonyl (C=O) groups is 1. The van der Waals surface area contributed by atoms with Crippen molar-refractivity contribution >= 4 is 11.5 Å². The van der Waals surface area contributed by atoms with Crippen LogP contribution in [-0.2, 0) is 4.79 Å². The highest BCUT2D eigenvalue weighted by Crippen LogP contribution is 2.23. The first-order valence-electron chi connectivity index (χ1n) is 5.79. The Balaban J connectivity index is 2.40. The molecule has 0 fully saturated rings. The van der Waals surface area contributed by atoms with Crippen LogP contribution in [0.15, 0.2) is 67.0 Å². The minimum Gasteiger partial charge on any atom is -0.512 e. The molecule has 0 radical (unpaired) electrons. The third-order valence-corrected chi connectivity index (χ3v) is 2.71. The number of hydrogen-bond donors (Lipinski definition) is 1. The lowest BCUT2D eigenvalue weighted by Crippen LogP contribution is -2.26. The predicted octanol–water partition coefficient (Wildman–Crippen LogP) is 2.80. The largest absolute Gasteiger partial charge is 0.512 e. The van der Waals surface area contributed by atoms with Crippen LogP contribution in [-0.4, -0.2) is 20.9 Å². The number of amides is 1. The maximum Gasteiger partial charge on any atom is 0.266 e. The van der Waals surface area contributed by atoms with E-state index in [4.69, 9.17) is 0 Å². The Morgan fingerprint density at radius 2 is 2.00 bits per heavy atom. The van der Waals surface area contributed by atoms with Crippen LogP contribution in [0.2, 0.25) is 0 Å². The number of carbonyl (C=O) groups excluding carboxylic acids is 1. The summed E-state index contributed by atoms with van der Waals surface area (Å²) in [7, 11) is 0. The van der Waals surface area contributed by atoms with Crippen LogP contribution in [0.5, 0.6) is 0 Å². The molecule has 2 rings (SSSR count). The molecule has 1 aliphatic heterocycles. The van der Waals surface area contributed by atoms with Gasteiger partial charge in [-0.15, -0.1) is 0 Å². The van der Waals surface area contributed by atoms with E-state index in [9.17, 15) is 9.90 Å². The molecule has 96 valence electrons. The molecule has 1 amide bonds. The summed E-state index contributed by atoms with van der Waals surface area (Å²) in [5.74, 6) is -0.358. The minimum atomic E-state index is -0.322. The molecule has 1 N–H and O–H groups in total. The molecule has 0 aromatic carbocycles. The Morgan fingerprint density at radius 1 is 1.32 bits per heavy atom. The standard InChI is InChI=1S/C15H14N2O2/c1-11-5-3-4-10-17(11)15(19)14(12(2)18)13-6-8-16-9-7-13/h3-10,18H,1H2,2H3/b14-12+. The Labute approximate surface area is 111 Å². The van der Waals surface area contributed by atoms with Crippen LogP contribution >= 0.6 is 0 Å². The van der Waals surface area contributed by atoms with Gasteiger partial charge in [-0.05, 0) is 36.8 Å². The van der Waals surface area contributed by atoms with Crippen LogP contribution in [0.1, 0.15) is 12.5 Å². The number of allylic oxidation sites excluding steroid dienone is 4. The van der Waals surface area contributed by atoms with Gasteiger partial charge in [0.1, 0.15) is 5.76 Å². The monoisotopic (exact) mass is 254 g/mol. The summed E-state index contributed by atoms with van der Waals surface area (Å²) >= 11 is 0. The van der Waals surface area contributed by atoms with Gasteiger partial charge < -0.3 is 5.11 Å². The lowest BCUT2D eigenvalue weighted by Gasteiger charge is -2.22. The van der Waals surface area contributed by atoms with E-state index in [1.54, 1.807) is 49.0 Å². The molecule has 4 nitrogen and oxygen atoms in total. The zero-order valence-electron chi connectivity index (χ0n) is 10.6. The smallest absolute Gasteiger partial charge is 0.266 e. The molecule has 0 saturated heterocycles. The fourth-order valence-electron chi connectivity index (χ4n) is 1.80. The molecule has 4 heteroatoms. The first-order chi connectivity index (χ1) is 9.11. The zero-order chi connectivity index (χ0) is 13.8. The quantitative estimate of drug-likeness (QED) is 0.652. The Hall–Kier alpha value is -2.62. The highest BCUT2D eigenvalue weighted by Gasteiger charge is 2.22. The first kappa shape index (κ1) is 12.8. The van der Waals surface area contributed by atoms with Crippen molar-refractivity contribution in [2.24, 2.45) is 0 Å². The third-order valence-electron chi connectivity index (χ3n) is 2.71. The van der Waals surface area contributed by atoms with Gasteiger partial charge in [-0.1, -0.05) is 12.7 Å². The van der Waals surface area contributed by atoms with Crippen LogP contribution < -0.4 is 0 Å². The summed E-state index contributed by atoms with van der Waals surface area (Å²) in [5, 5.41) is 9.79. The fraction of sp³-hybridized carbons (Fsp3) is 0.0667. The van der Waals surface area contributed by atoms with Crippen molar-refractivity contribution in [1.82, 2.24) is 9.88 Å². The summed E-state index contributed by atoms with van der Waals surface area (Å²) in [6.45, 7) is 5.29. The van der Waals surface area contributed by atoms with Crippen molar-refractivity contribution in [3.63, 3.8) is 0 Å². The van der Waals surface area contributed by atoms with Crippen LogP contribution in [0, 0.1) is 0 Å². The molecule has 19 heavy (non-hydrogen) atoms. The van der Waals surface area contributed by atoms with Gasteiger partial charge in [0.15, 0.2) is 0 Å². The van der Waals surface area contributed by atoms with Crippen LogP contribution in [0.4, 0.5) is 0 Å². The lowest BCUT2D eigenvalue weighted by molar-refractivity contribution is -0.121. The summed E-state index contributed by atoms with van der Waals surface area (Å²) in [6, 6.07) is 3.36. The summed E-state index contributed by atoms with van der Waals surface area (Å²) in [6.07, 6.45) is 10.0. The molecule has 1 aromatic rings. The van der Waals surface area contributed by atoms with Crippen LogP contribution in [0.3, 0.4) is 0 Å².